The van der Waals surface area contributed by atoms with Crippen LogP contribution in [0.4, 0.5) is 27.6 Å². The molecule has 2 aromatic heterocycles. The molecule has 3 nitrogen and oxygen atoms in total. The van der Waals surface area contributed by atoms with Crippen molar-refractivity contribution in [2.75, 3.05) is 4.72 Å². The van der Waals surface area contributed by atoms with Crippen LogP contribution in [0.2, 0.25) is 0 Å². The normalized spacial score (nSPS) is 11.6. The van der Waals surface area contributed by atoms with Crippen molar-refractivity contribution in [3.63, 3.8) is 0 Å². The van der Waals surface area contributed by atoms with Gasteiger partial charge in [-0.1, -0.05) is 6.07 Å². The maximum Gasteiger partial charge on any atom is 0.419 e. The summed E-state index contributed by atoms with van der Waals surface area (Å²) in [5.74, 6) is -3.51. The van der Waals surface area contributed by atoms with Crippen LogP contribution in [-0.4, -0.2) is 9.97 Å². The zero-order valence-electron chi connectivity index (χ0n) is 12.4. The number of benzene rings is 1. The number of nitrogens with one attached hydrogen (secondary N) is 2. The van der Waals surface area contributed by atoms with Gasteiger partial charge in [0.25, 0.3) is 0 Å². The van der Waals surface area contributed by atoms with E-state index in [4.69, 9.17) is 0 Å². The molecule has 0 saturated heterocycles. The monoisotopic (exact) mass is 371 g/mol. The predicted molar refractivity (Wildman–Crippen MR) is 84.9 cm³/mol. The molecule has 0 aliphatic carbocycles. The third-order valence-electron chi connectivity index (χ3n) is 3.26. The minimum atomic E-state index is -4.95. The lowest BCUT2D eigenvalue weighted by atomic mass is 10.2. The topological polar surface area (TPSA) is 40.7 Å². The highest BCUT2D eigenvalue weighted by molar-refractivity contribution is 8.00. The number of pyridine rings is 1. The molecule has 2 N–H and O–H groups in total. The van der Waals surface area contributed by atoms with E-state index in [1.165, 1.54) is 0 Å². The fourth-order valence-corrected chi connectivity index (χ4v) is 2.74. The molecule has 0 aliphatic heterocycles. The summed E-state index contributed by atoms with van der Waals surface area (Å²) < 4.78 is 67.5. The Morgan fingerprint density at radius 3 is 2.52 bits per heavy atom. The van der Waals surface area contributed by atoms with Gasteiger partial charge in [0, 0.05) is 17.3 Å². The van der Waals surface area contributed by atoms with Crippen LogP contribution in [0, 0.1) is 11.6 Å². The van der Waals surface area contributed by atoms with Gasteiger partial charge in [-0.3, -0.25) is 4.98 Å². The van der Waals surface area contributed by atoms with E-state index in [0.717, 1.165) is 18.0 Å². The molecule has 0 bridgehead atoms. The van der Waals surface area contributed by atoms with Crippen LogP contribution >= 0.6 is 11.9 Å². The van der Waals surface area contributed by atoms with Crippen molar-refractivity contribution in [1.29, 1.82) is 0 Å². The lowest BCUT2D eigenvalue weighted by Gasteiger charge is -2.11. The van der Waals surface area contributed by atoms with E-state index < -0.39 is 23.4 Å². The van der Waals surface area contributed by atoms with E-state index in [9.17, 15) is 22.0 Å². The third kappa shape index (κ3) is 3.76. The molecule has 0 saturated carbocycles. The fourth-order valence-electron chi connectivity index (χ4n) is 2.06. The highest BCUT2D eigenvalue weighted by Gasteiger charge is 2.36. The second kappa shape index (κ2) is 6.75. The van der Waals surface area contributed by atoms with Gasteiger partial charge >= 0.3 is 6.18 Å². The Kier molecular flexibility index (Phi) is 4.67. The fraction of sp³-hybridized carbons (Fsp3) is 0.0625. The zero-order chi connectivity index (χ0) is 18.0. The highest BCUT2D eigenvalue weighted by atomic mass is 32.2. The Bertz CT molecular complexity index is 877. The van der Waals surface area contributed by atoms with Crippen LogP contribution in [0.15, 0.2) is 53.7 Å². The number of H-pyrrole nitrogens is 1. The first-order valence-electron chi connectivity index (χ1n) is 6.94. The predicted octanol–water partition coefficient (Wildman–Crippen LogP) is 5.49. The van der Waals surface area contributed by atoms with E-state index in [1.54, 1.807) is 30.6 Å². The largest absolute Gasteiger partial charge is 0.419 e. The van der Waals surface area contributed by atoms with Crippen molar-refractivity contribution in [3.8, 4) is 11.4 Å². The third-order valence-corrected chi connectivity index (χ3v) is 4.06. The van der Waals surface area contributed by atoms with Gasteiger partial charge in [-0.25, -0.2) is 8.78 Å². The van der Waals surface area contributed by atoms with Crippen molar-refractivity contribution in [1.82, 2.24) is 9.97 Å². The van der Waals surface area contributed by atoms with Gasteiger partial charge in [0.15, 0.2) is 11.6 Å². The standard InChI is InChI=1S/C16H10F5N3S/c17-14-10(16(19,20)21)4-5-12(15(14)18)24-25-9-7-13(23-8-9)11-3-1-2-6-22-11/h1-8,23-24H. The summed E-state index contributed by atoms with van der Waals surface area (Å²) in [4.78, 5) is 7.76. The van der Waals surface area contributed by atoms with Gasteiger partial charge in [0.05, 0.1) is 22.6 Å². The lowest BCUT2D eigenvalue weighted by Crippen LogP contribution is -2.10. The molecule has 25 heavy (non-hydrogen) atoms. The second-order valence-electron chi connectivity index (χ2n) is 4.95. The van der Waals surface area contributed by atoms with Gasteiger partial charge in [-0.05, 0) is 42.3 Å². The molecule has 1 aromatic carbocycles. The van der Waals surface area contributed by atoms with Crippen LogP contribution in [0.3, 0.4) is 0 Å². The summed E-state index contributed by atoms with van der Waals surface area (Å²) in [6.07, 6.45) is -1.71. The number of nitrogens with zero attached hydrogens (tertiary/aromatic N) is 1. The van der Waals surface area contributed by atoms with Crippen LogP contribution in [-0.2, 0) is 6.18 Å². The molecule has 2 heterocycles. The molecule has 130 valence electrons. The van der Waals surface area contributed by atoms with E-state index in [0.29, 0.717) is 22.3 Å². The maximum atomic E-state index is 13.8. The minimum absolute atomic E-state index is 0.379. The van der Waals surface area contributed by atoms with E-state index in [1.807, 2.05) is 6.07 Å². The lowest BCUT2D eigenvalue weighted by molar-refractivity contribution is -0.140. The molecule has 0 aliphatic rings. The molecule has 0 fully saturated rings. The summed E-state index contributed by atoms with van der Waals surface area (Å²) in [6, 6.07) is 8.44. The van der Waals surface area contributed by atoms with Crippen LogP contribution in [0.1, 0.15) is 5.56 Å². The molecule has 0 atom stereocenters. The molecule has 0 unspecified atom stereocenters. The SMILES string of the molecule is Fc1c(NSc2c[nH]c(-c3ccccn3)c2)ccc(C(F)(F)F)c1F. The van der Waals surface area contributed by atoms with Crippen LogP contribution in [0.25, 0.3) is 11.4 Å². The number of hydrogen-bond donors (Lipinski definition) is 2. The molecule has 0 radical (unpaired) electrons. The highest BCUT2D eigenvalue weighted by Crippen LogP contribution is 2.35. The summed E-state index contributed by atoms with van der Waals surface area (Å²) in [6.45, 7) is 0. The maximum absolute atomic E-state index is 13.8. The van der Waals surface area contributed by atoms with Crippen molar-refractivity contribution in [2.24, 2.45) is 0 Å². The Balaban J connectivity index is 1.74. The Morgan fingerprint density at radius 1 is 1.04 bits per heavy atom. The number of rotatable bonds is 4. The van der Waals surface area contributed by atoms with E-state index >= 15 is 0 Å². The first kappa shape index (κ1) is 17.3. The van der Waals surface area contributed by atoms with Gasteiger partial charge in [-0.2, -0.15) is 13.2 Å². The number of aromatic nitrogens is 2. The van der Waals surface area contributed by atoms with Crippen molar-refractivity contribution < 1.29 is 22.0 Å². The number of alkyl halides is 3. The number of halogens is 5. The molecule has 3 aromatic rings. The van der Waals surface area contributed by atoms with Crippen LogP contribution in [0.5, 0.6) is 0 Å². The minimum Gasteiger partial charge on any atom is -0.359 e. The Hall–Kier alpha value is -2.55. The Morgan fingerprint density at radius 2 is 1.84 bits per heavy atom. The zero-order valence-corrected chi connectivity index (χ0v) is 13.2. The van der Waals surface area contributed by atoms with Crippen molar-refractivity contribution in [3.05, 3.63) is 66.0 Å². The molecular weight excluding hydrogens is 361 g/mol. The smallest absolute Gasteiger partial charge is 0.359 e. The number of anilines is 1. The summed E-state index contributed by atoms with van der Waals surface area (Å²) >= 11 is 0.928. The summed E-state index contributed by atoms with van der Waals surface area (Å²) in [5, 5.41) is 0. The van der Waals surface area contributed by atoms with Gasteiger partial charge in [-0.15, -0.1) is 0 Å². The first-order chi connectivity index (χ1) is 11.9. The number of aromatic amines is 1. The molecular formula is C16H10F5N3S. The number of hydrogen-bond acceptors (Lipinski definition) is 3. The van der Waals surface area contributed by atoms with Gasteiger partial charge in [0.2, 0.25) is 0 Å². The summed E-state index contributed by atoms with van der Waals surface area (Å²) in [7, 11) is 0. The average Bonchev–Trinajstić information content (AvgIpc) is 3.05. The molecule has 3 rings (SSSR count). The quantitative estimate of drug-likeness (QED) is 0.470. The molecule has 0 amide bonds. The van der Waals surface area contributed by atoms with Gasteiger partial charge in [0.1, 0.15) is 0 Å². The van der Waals surface area contributed by atoms with Crippen LogP contribution < -0.4 is 4.72 Å². The first-order valence-corrected chi connectivity index (χ1v) is 7.76. The Labute approximate surface area is 143 Å². The average molecular weight is 371 g/mol. The van der Waals surface area contributed by atoms with E-state index in [-0.39, 0.29) is 5.69 Å². The summed E-state index contributed by atoms with van der Waals surface area (Å²) in [5.41, 5.74) is -0.610. The van der Waals surface area contributed by atoms with Crippen molar-refractivity contribution in [2.45, 2.75) is 11.1 Å². The second-order valence-corrected chi connectivity index (χ2v) is 5.83. The molecule has 0 spiro atoms. The van der Waals surface area contributed by atoms with E-state index in [2.05, 4.69) is 14.7 Å². The van der Waals surface area contributed by atoms with Gasteiger partial charge < -0.3 is 9.71 Å². The molecule has 9 heteroatoms. The van der Waals surface area contributed by atoms with Crippen molar-refractivity contribution >= 4 is 17.6 Å².